The van der Waals surface area contributed by atoms with Crippen LogP contribution in [0, 0.1) is 17.2 Å². The van der Waals surface area contributed by atoms with Crippen molar-refractivity contribution in [1.82, 2.24) is 0 Å². The highest BCUT2D eigenvalue weighted by Crippen LogP contribution is 2.13. The Morgan fingerprint density at radius 2 is 1.55 bits per heavy atom. The van der Waals surface area contributed by atoms with E-state index in [4.69, 9.17) is 11.0 Å². The van der Waals surface area contributed by atoms with Gasteiger partial charge in [-0.2, -0.15) is 5.26 Å². The predicted octanol–water partition coefficient (Wildman–Crippen LogP) is 2.54. The number of nitriles is 1. The topological polar surface area (TPSA) is 79.2 Å². The van der Waals surface area contributed by atoms with Gasteiger partial charge in [-0.3, -0.25) is 4.79 Å². The first kappa shape index (κ1) is 15.6. The molecular formula is C18H17N3O. The lowest BCUT2D eigenvalue weighted by atomic mass is 10.0. The molecule has 2 rings (SSSR count). The second-order valence-electron chi connectivity index (χ2n) is 4.79. The average Bonchev–Trinajstić information content (AvgIpc) is 2.59. The summed E-state index contributed by atoms with van der Waals surface area (Å²) < 4.78 is 0. The normalized spacial score (nSPS) is 11.3. The van der Waals surface area contributed by atoms with Gasteiger partial charge in [0.1, 0.15) is 5.92 Å². The standard InChI is InChI=1S/C18H17N3O/c19-12-11-16(13-20)18(22)21-17(14-7-3-1-4-8-14)15-9-5-2-6-10-15/h1-10,16H,11-12,19H2. The molecule has 0 bridgehead atoms. The first-order valence-corrected chi connectivity index (χ1v) is 7.09. The molecule has 2 N–H and O–H groups in total. The van der Waals surface area contributed by atoms with Gasteiger partial charge in [0.25, 0.3) is 5.91 Å². The Kier molecular flexibility index (Phi) is 5.58. The smallest absolute Gasteiger partial charge is 0.263 e. The van der Waals surface area contributed by atoms with Gasteiger partial charge in [-0.05, 0) is 13.0 Å². The molecule has 0 heterocycles. The lowest BCUT2D eigenvalue weighted by Gasteiger charge is -2.08. The molecule has 0 aliphatic carbocycles. The van der Waals surface area contributed by atoms with Crippen molar-refractivity contribution >= 4 is 11.6 Å². The van der Waals surface area contributed by atoms with Gasteiger partial charge >= 0.3 is 0 Å². The van der Waals surface area contributed by atoms with E-state index in [1.54, 1.807) is 0 Å². The Morgan fingerprint density at radius 1 is 1.05 bits per heavy atom. The third-order valence-electron chi connectivity index (χ3n) is 3.23. The van der Waals surface area contributed by atoms with E-state index in [0.29, 0.717) is 12.1 Å². The number of aliphatic imine (C=N–C) groups is 1. The maximum atomic E-state index is 12.3. The first-order chi connectivity index (χ1) is 10.8. The minimum absolute atomic E-state index is 0.283. The molecule has 0 saturated carbocycles. The van der Waals surface area contributed by atoms with Gasteiger partial charge in [0.05, 0.1) is 11.8 Å². The van der Waals surface area contributed by atoms with Gasteiger partial charge in [0.15, 0.2) is 0 Å². The molecule has 4 heteroatoms. The molecule has 0 saturated heterocycles. The highest BCUT2D eigenvalue weighted by Gasteiger charge is 2.18. The van der Waals surface area contributed by atoms with Gasteiger partial charge in [0, 0.05) is 11.1 Å². The number of amides is 1. The number of nitrogens with zero attached hydrogens (tertiary/aromatic N) is 2. The van der Waals surface area contributed by atoms with Crippen molar-refractivity contribution in [2.45, 2.75) is 6.42 Å². The molecule has 110 valence electrons. The fourth-order valence-corrected chi connectivity index (χ4v) is 2.09. The summed E-state index contributed by atoms with van der Waals surface area (Å²) >= 11 is 0. The Hall–Kier alpha value is -2.77. The van der Waals surface area contributed by atoms with E-state index in [9.17, 15) is 4.79 Å². The summed E-state index contributed by atoms with van der Waals surface area (Å²) in [5.74, 6) is -1.25. The number of hydrogen-bond acceptors (Lipinski definition) is 3. The maximum Gasteiger partial charge on any atom is 0.263 e. The highest BCUT2D eigenvalue weighted by atomic mass is 16.1. The van der Waals surface area contributed by atoms with Crippen LogP contribution in [0.2, 0.25) is 0 Å². The summed E-state index contributed by atoms with van der Waals surface area (Å²) in [6.07, 6.45) is 0.315. The van der Waals surface area contributed by atoms with Crippen molar-refractivity contribution < 1.29 is 4.79 Å². The maximum absolute atomic E-state index is 12.3. The van der Waals surface area contributed by atoms with Crippen molar-refractivity contribution in [2.24, 2.45) is 16.6 Å². The van der Waals surface area contributed by atoms with Crippen LogP contribution in [0.15, 0.2) is 65.7 Å². The number of carbonyl (C=O) groups is 1. The SMILES string of the molecule is N#CC(CCN)C(=O)N=C(c1ccccc1)c1ccccc1. The number of rotatable bonds is 5. The van der Waals surface area contributed by atoms with Crippen LogP contribution < -0.4 is 5.73 Å². The summed E-state index contributed by atoms with van der Waals surface area (Å²) in [4.78, 5) is 16.5. The van der Waals surface area contributed by atoms with Crippen molar-refractivity contribution in [3.05, 3.63) is 71.8 Å². The number of hydrogen-bond donors (Lipinski definition) is 1. The summed E-state index contributed by atoms with van der Waals surface area (Å²) in [6, 6.07) is 20.9. The molecule has 1 atom stereocenters. The molecule has 1 amide bonds. The number of benzene rings is 2. The zero-order chi connectivity index (χ0) is 15.8. The Labute approximate surface area is 129 Å². The number of carbonyl (C=O) groups excluding carboxylic acids is 1. The molecule has 0 fully saturated rings. The molecule has 22 heavy (non-hydrogen) atoms. The van der Waals surface area contributed by atoms with E-state index in [1.165, 1.54) is 0 Å². The third-order valence-corrected chi connectivity index (χ3v) is 3.23. The largest absolute Gasteiger partial charge is 0.330 e. The summed E-state index contributed by atoms with van der Waals surface area (Å²) in [6.45, 7) is 0.283. The minimum Gasteiger partial charge on any atom is -0.330 e. The van der Waals surface area contributed by atoms with E-state index >= 15 is 0 Å². The molecular weight excluding hydrogens is 274 g/mol. The van der Waals surface area contributed by atoms with Crippen LogP contribution in [0.25, 0.3) is 0 Å². The van der Waals surface area contributed by atoms with E-state index in [0.717, 1.165) is 11.1 Å². The van der Waals surface area contributed by atoms with Gasteiger partial charge < -0.3 is 5.73 Å². The molecule has 0 aliphatic rings. The van der Waals surface area contributed by atoms with E-state index in [1.807, 2.05) is 66.7 Å². The quantitative estimate of drug-likeness (QED) is 0.860. The van der Waals surface area contributed by atoms with Gasteiger partial charge in [0.2, 0.25) is 0 Å². The molecule has 0 aliphatic heterocycles. The average molecular weight is 291 g/mol. The Morgan fingerprint density at radius 3 is 1.95 bits per heavy atom. The van der Waals surface area contributed by atoms with Crippen LogP contribution in [0.4, 0.5) is 0 Å². The summed E-state index contributed by atoms with van der Waals surface area (Å²) in [5, 5.41) is 9.09. The van der Waals surface area contributed by atoms with Crippen LogP contribution in [-0.2, 0) is 4.79 Å². The molecule has 0 spiro atoms. The zero-order valence-corrected chi connectivity index (χ0v) is 12.1. The molecule has 1 unspecified atom stereocenters. The zero-order valence-electron chi connectivity index (χ0n) is 12.1. The van der Waals surface area contributed by atoms with Crippen molar-refractivity contribution in [2.75, 3.05) is 6.54 Å². The molecule has 2 aromatic rings. The van der Waals surface area contributed by atoms with Crippen LogP contribution in [-0.4, -0.2) is 18.2 Å². The first-order valence-electron chi connectivity index (χ1n) is 7.09. The fraction of sp³-hybridized carbons (Fsp3) is 0.167. The molecule has 0 aromatic heterocycles. The number of nitrogens with two attached hydrogens (primary N) is 1. The third kappa shape index (κ3) is 3.87. The van der Waals surface area contributed by atoms with Crippen LogP contribution in [0.1, 0.15) is 17.5 Å². The molecule has 0 radical (unpaired) electrons. The summed E-state index contributed by atoms with van der Waals surface area (Å²) in [5.41, 5.74) is 7.70. The molecule has 4 nitrogen and oxygen atoms in total. The highest BCUT2D eigenvalue weighted by molar-refractivity contribution is 6.17. The monoisotopic (exact) mass is 291 g/mol. The van der Waals surface area contributed by atoms with E-state index in [2.05, 4.69) is 4.99 Å². The lowest BCUT2D eigenvalue weighted by molar-refractivity contribution is -0.120. The second-order valence-corrected chi connectivity index (χ2v) is 4.79. The second kappa shape index (κ2) is 7.87. The Bertz CT molecular complexity index is 646. The summed E-state index contributed by atoms with van der Waals surface area (Å²) in [7, 11) is 0. The predicted molar refractivity (Wildman–Crippen MR) is 86.3 cm³/mol. The fourth-order valence-electron chi connectivity index (χ4n) is 2.09. The van der Waals surface area contributed by atoms with Gasteiger partial charge in [-0.15, -0.1) is 0 Å². The van der Waals surface area contributed by atoms with Crippen LogP contribution in [0.3, 0.4) is 0 Å². The van der Waals surface area contributed by atoms with Gasteiger partial charge in [-0.1, -0.05) is 60.7 Å². The van der Waals surface area contributed by atoms with E-state index < -0.39 is 11.8 Å². The van der Waals surface area contributed by atoms with Crippen LogP contribution in [0.5, 0.6) is 0 Å². The van der Waals surface area contributed by atoms with Crippen molar-refractivity contribution in [1.29, 1.82) is 5.26 Å². The van der Waals surface area contributed by atoms with Gasteiger partial charge in [-0.25, -0.2) is 4.99 Å². The van der Waals surface area contributed by atoms with Crippen molar-refractivity contribution in [3.63, 3.8) is 0 Å². The molecule has 2 aromatic carbocycles. The van der Waals surface area contributed by atoms with Crippen molar-refractivity contribution in [3.8, 4) is 6.07 Å². The van der Waals surface area contributed by atoms with E-state index in [-0.39, 0.29) is 6.54 Å². The van der Waals surface area contributed by atoms with Crippen LogP contribution >= 0.6 is 0 Å². The lowest BCUT2D eigenvalue weighted by Crippen LogP contribution is -2.17. The minimum atomic E-state index is -0.799. The Balaban J connectivity index is 2.44.